The summed E-state index contributed by atoms with van der Waals surface area (Å²) in [6, 6.07) is 4.13. The molecule has 0 aromatic carbocycles. The van der Waals surface area contributed by atoms with E-state index >= 15 is 0 Å². The summed E-state index contributed by atoms with van der Waals surface area (Å²) in [4.78, 5) is 0. The van der Waals surface area contributed by atoms with Gasteiger partial charge in [-0.3, -0.25) is 9.36 Å². The molecule has 0 unspecified atom stereocenters. The van der Waals surface area contributed by atoms with Crippen molar-refractivity contribution in [3.63, 3.8) is 0 Å². The SMILES string of the molecule is CCCNCc1ccnn1CCc1ccnn1C. The Morgan fingerprint density at radius 2 is 1.94 bits per heavy atom. The lowest BCUT2D eigenvalue weighted by molar-refractivity contribution is 0.542. The van der Waals surface area contributed by atoms with Crippen LogP contribution in [0.2, 0.25) is 0 Å². The van der Waals surface area contributed by atoms with Crippen LogP contribution in [0.3, 0.4) is 0 Å². The fourth-order valence-corrected chi connectivity index (χ4v) is 1.97. The second-order valence-corrected chi connectivity index (χ2v) is 4.42. The Bertz CT molecular complexity index is 471. The van der Waals surface area contributed by atoms with E-state index < -0.39 is 0 Å². The van der Waals surface area contributed by atoms with Gasteiger partial charge in [0.2, 0.25) is 0 Å². The van der Waals surface area contributed by atoms with Crippen molar-refractivity contribution in [2.75, 3.05) is 6.54 Å². The van der Waals surface area contributed by atoms with Crippen LogP contribution in [0.25, 0.3) is 0 Å². The van der Waals surface area contributed by atoms with Crippen LogP contribution in [0.5, 0.6) is 0 Å². The van der Waals surface area contributed by atoms with Crippen molar-refractivity contribution in [1.29, 1.82) is 0 Å². The minimum absolute atomic E-state index is 0.888. The molecule has 98 valence electrons. The highest BCUT2D eigenvalue weighted by atomic mass is 15.3. The highest BCUT2D eigenvalue weighted by Crippen LogP contribution is 2.03. The highest BCUT2D eigenvalue weighted by molar-refractivity contribution is 5.03. The Balaban J connectivity index is 1.89. The molecule has 5 heteroatoms. The van der Waals surface area contributed by atoms with E-state index in [0.717, 1.165) is 32.5 Å². The summed E-state index contributed by atoms with van der Waals surface area (Å²) in [5, 5.41) is 11.9. The zero-order valence-electron chi connectivity index (χ0n) is 11.1. The molecule has 2 aromatic heterocycles. The van der Waals surface area contributed by atoms with Crippen LogP contribution in [0.15, 0.2) is 24.5 Å². The Morgan fingerprint density at radius 3 is 2.67 bits per heavy atom. The molecule has 0 saturated heterocycles. The molecule has 5 nitrogen and oxygen atoms in total. The van der Waals surface area contributed by atoms with Crippen LogP contribution in [0, 0.1) is 0 Å². The Hall–Kier alpha value is -1.62. The average Bonchev–Trinajstić information content (AvgIpc) is 2.96. The second-order valence-electron chi connectivity index (χ2n) is 4.42. The summed E-state index contributed by atoms with van der Waals surface area (Å²) in [5.41, 5.74) is 2.48. The van der Waals surface area contributed by atoms with Crippen LogP contribution in [0.1, 0.15) is 24.7 Å². The van der Waals surface area contributed by atoms with Crippen LogP contribution >= 0.6 is 0 Å². The quantitative estimate of drug-likeness (QED) is 0.752. The number of hydrogen-bond donors (Lipinski definition) is 1. The molecule has 0 amide bonds. The number of hydrogen-bond acceptors (Lipinski definition) is 3. The molecule has 0 aliphatic rings. The zero-order valence-corrected chi connectivity index (χ0v) is 11.1. The van der Waals surface area contributed by atoms with Crippen molar-refractivity contribution in [2.45, 2.75) is 32.9 Å². The number of rotatable bonds is 7. The molecule has 0 aliphatic carbocycles. The van der Waals surface area contributed by atoms with Gasteiger partial charge in [0.25, 0.3) is 0 Å². The van der Waals surface area contributed by atoms with Crippen LogP contribution in [-0.2, 0) is 26.6 Å². The molecule has 2 heterocycles. The van der Waals surface area contributed by atoms with Crippen molar-refractivity contribution in [2.24, 2.45) is 7.05 Å². The van der Waals surface area contributed by atoms with Crippen molar-refractivity contribution < 1.29 is 0 Å². The maximum atomic E-state index is 4.37. The molecule has 0 saturated carbocycles. The van der Waals surface area contributed by atoms with E-state index in [0.29, 0.717) is 0 Å². The van der Waals surface area contributed by atoms with Gasteiger partial charge in [-0.15, -0.1) is 0 Å². The largest absolute Gasteiger partial charge is 0.311 e. The third-order valence-corrected chi connectivity index (χ3v) is 3.04. The minimum atomic E-state index is 0.888. The molecule has 0 radical (unpaired) electrons. The first-order chi connectivity index (χ1) is 8.81. The molecule has 0 aliphatic heterocycles. The number of aromatic nitrogens is 4. The lowest BCUT2D eigenvalue weighted by atomic mass is 10.3. The summed E-state index contributed by atoms with van der Waals surface area (Å²) in [6.45, 7) is 5.01. The zero-order chi connectivity index (χ0) is 12.8. The average molecular weight is 247 g/mol. The molecule has 1 N–H and O–H groups in total. The van der Waals surface area contributed by atoms with E-state index in [1.165, 1.54) is 11.4 Å². The molecule has 0 spiro atoms. The smallest absolute Gasteiger partial charge is 0.0522 e. The van der Waals surface area contributed by atoms with E-state index in [2.05, 4.69) is 39.3 Å². The molecule has 2 rings (SSSR count). The second kappa shape index (κ2) is 6.35. The lowest BCUT2D eigenvalue weighted by Gasteiger charge is -2.08. The van der Waals surface area contributed by atoms with Crippen LogP contribution in [0.4, 0.5) is 0 Å². The summed E-state index contributed by atoms with van der Waals surface area (Å²) >= 11 is 0. The first-order valence-corrected chi connectivity index (χ1v) is 6.49. The van der Waals surface area contributed by atoms with Crippen molar-refractivity contribution in [3.8, 4) is 0 Å². The molecular formula is C13H21N5. The third-order valence-electron chi connectivity index (χ3n) is 3.04. The number of nitrogens with one attached hydrogen (secondary N) is 1. The van der Waals surface area contributed by atoms with Crippen LogP contribution in [-0.4, -0.2) is 26.1 Å². The maximum absolute atomic E-state index is 4.37. The molecule has 0 bridgehead atoms. The Morgan fingerprint density at radius 1 is 1.17 bits per heavy atom. The van der Waals surface area contributed by atoms with Gasteiger partial charge in [-0.2, -0.15) is 10.2 Å². The van der Waals surface area contributed by atoms with Gasteiger partial charge < -0.3 is 5.32 Å². The molecular weight excluding hydrogens is 226 g/mol. The predicted molar refractivity (Wildman–Crippen MR) is 71.1 cm³/mol. The van der Waals surface area contributed by atoms with E-state index in [1.54, 1.807) is 0 Å². The molecule has 0 fully saturated rings. The van der Waals surface area contributed by atoms with Crippen LogP contribution < -0.4 is 5.32 Å². The van der Waals surface area contributed by atoms with Gasteiger partial charge in [-0.05, 0) is 25.1 Å². The normalized spacial score (nSPS) is 11.0. The van der Waals surface area contributed by atoms with Gasteiger partial charge in [0.1, 0.15) is 0 Å². The fourth-order valence-electron chi connectivity index (χ4n) is 1.97. The third kappa shape index (κ3) is 3.20. The summed E-state index contributed by atoms with van der Waals surface area (Å²) in [6.07, 6.45) is 5.82. The van der Waals surface area contributed by atoms with Gasteiger partial charge in [-0.1, -0.05) is 6.92 Å². The van der Waals surface area contributed by atoms with Crippen molar-refractivity contribution in [3.05, 3.63) is 35.9 Å². The predicted octanol–water partition coefficient (Wildman–Crippen LogP) is 1.36. The maximum Gasteiger partial charge on any atom is 0.0522 e. The number of aryl methyl sites for hydroxylation is 3. The molecule has 2 aromatic rings. The first kappa shape index (κ1) is 12.8. The highest BCUT2D eigenvalue weighted by Gasteiger charge is 2.04. The van der Waals surface area contributed by atoms with E-state index in [9.17, 15) is 0 Å². The monoisotopic (exact) mass is 247 g/mol. The van der Waals surface area contributed by atoms with Gasteiger partial charge in [-0.25, -0.2) is 0 Å². The topological polar surface area (TPSA) is 47.7 Å². The Kier molecular flexibility index (Phi) is 4.52. The summed E-state index contributed by atoms with van der Waals surface area (Å²) in [7, 11) is 1.97. The number of nitrogens with zero attached hydrogens (tertiary/aromatic N) is 4. The molecule has 18 heavy (non-hydrogen) atoms. The Labute approximate surface area is 108 Å². The minimum Gasteiger partial charge on any atom is -0.311 e. The van der Waals surface area contributed by atoms with E-state index in [4.69, 9.17) is 0 Å². The van der Waals surface area contributed by atoms with E-state index in [1.807, 2.05) is 24.1 Å². The summed E-state index contributed by atoms with van der Waals surface area (Å²) < 4.78 is 3.98. The van der Waals surface area contributed by atoms with Crippen molar-refractivity contribution in [1.82, 2.24) is 24.9 Å². The first-order valence-electron chi connectivity index (χ1n) is 6.49. The van der Waals surface area contributed by atoms with Crippen molar-refractivity contribution >= 4 is 0 Å². The van der Waals surface area contributed by atoms with E-state index in [-0.39, 0.29) is 0 Å². The van der Waals surface area contributed by atoms with Gasteiger partial charge in [0.05, 0.1) is 5.69 Å². The fraction of sp³-hybridized carbons (Fsp3) is 0.538. The molecule has 0 atom stereocenters. The van der Waals surface area contributed by atoms with Gasteiger partial charge in [0, 0.05) is 44.6 Å². The summed E-state index contributed by atoms with van der Waals surface area (Å²) in [5.74, 6) is 0. The lowest BCUT2D eigenvalue weighted by Crippen LogP contribution is -2.18. The van der Waals surface area contributed by atoms with Gasteiger partial charge in [0.15, 0.2) is 0 Å². The van der Waals surface area contributed by atoms with Gasteiger partial charge >= 0.3 is 0 Å². The standard InChI is InChI=1S/C13H21N5/c1-3-7-14-11-13-5-9-16-18(13)10-6-12-4-8-15-17(12)2/h4-5,8-9,14H,3,6-7,10-11H2,1-2H3.